The minimum atomic E-state index is -0.0620. The van der Waals surface area contributed by atoms with Gasteiger partial charge in [-0.1, -0.05) is 19.9 Å². The van der Waals surface area contributed by atoms with Crippen molar-refractivity contribution in [2.75, 3.05) is 19.6 Å². The van der Waals surface area contributed by atoms with E-state index < -0.39 is 0 Å². The summed E-state index contributed by atoms with van der Waals surface area (Å²) in [6.07, 6.45) is 7.01. The average Bonchev–Trinajstić information content (AvgIpc) is 3.52. The lowest BCUT2D eigenvalue weighted by atomic mass is 9.45. The molecule has 2 amide bonds. The monoisotopic (exact) mass is 435 g/mol. The van der Waals surface area contributed by atoms with Crippen LogP contribution in [-0.2, 0) is 11.2 Å². The summed E-state index contributed by atoms with van der Waals surface area (Å²) in [4.78, 5) is 32.5. The molecule has 5 aliphatic rings. The molecular formula is C25H33N5O2. The van der Waals surface area contributed by atoms with Gasteiger partial charge >= 0.3 is 0 Å². The fourth-order valence-corrected chi connectivity index (χ4v) is 6.98. The van der Waals surface area contributed by atoms with Crippen LogP contribution in [0.3, 0.4) is 0 Å². The van der Waals surface area contributed by atoms with E-state index in [1.807, 2.05) is 33.7 Å². The molecule has 32 heavy (non-hydrogen) atoms. The highest BCUT2D eigenvalue weighted by atomic mass is 16.2. The Kier molecular flexibility index (Phi) is 4.61. The third-order valence-corrected chi connectivity index (χ3v) is 9.01. The van der Waals surface area contributed by atoms with Crippen molar-refractivity contribution in [1.82, 2.24) is 24.9 Å². The largest absolute Gasteiger partial charge is 0.350 e. The first-order valence-corrected chi connectivity index (χ1v) is 12.2. The summed E-state index contributed by atoms with van der Waals surface area (Å²) in [7, 11) is 0. The first kappa shape index (κ1) is 20.2. The quantitative estimate of drug-likeness (QED) is 0.755. The second-order valence-corrected chi connectivity index (χ2v) is 11.0. The molecule has 7 heteroatoms. The zero-order valence-electron chi connectivity index (χ0n) is 19.0. The van der Waals surface area contributed by atoms with Crippen molar-refractivity contribution in [3.63, 3.8) is 0 Å². The SMILES string of the molecule is CC1(C)[C@@H]2CC[C@@H](CNC(=O)c3cccc4nc(CC(=O)N5C[C@H]6C[C@H]5CN6)cn34)[C@H]1C2. The van der Waals surface area contributed by atoms with Crippen LogP contribution < -0.4 is 10.6 Å². The lowest BCUT2D eigenvalue weighted by Gasteiger charge is -2.60. The maximum absolute atomic E-state index is 13.1. The lowest BCUT2D eigenvalue weighted by molar-refractivity contribution is -0.131. The van der Waals surface area contributed by atoms with Gasteiger partial charge in [0.25, 0.3) is 5.91 Å². The highest BCUT2D eigenvalue weighted by Gasteiger charge is 2.54. The molecule has 7 nitrogen and oxygen atoms in total. The third kappa shape index (κ3) is 3.16. The Morgan fingerprint density at radius 2 is 2.12 bits per heavy atom. The number of nitrogens with one attached hydrogen (secondary N) is 2. The van der Waals surface area contributed by atoms with E-state index >= 15 is 0 Å². The van der Waals surface area contributed by atoms with E-state index in [0.717, 1.165) is 43.6 Å². The number of nitrogens with zero attached hydrogens (tertiary/aromatic N) is 3. The molecule has 170 valence electrons. The van der Waals surface area contributed by atoms with Gasteiger partial charge in [-0.15, -0.1) is 0 Å². The Balaban J connectivity index is 1.14. The zero-order chi connectivity index (χ0) is 22.0. The molecule has 0 unspecified atom stereocenters. The van der Waals surface area contributed by atoms with Gasteiger partial charge in [0.1, 0.15) is 11.3 Å². The number of imidazole rings is 1. The molecule has 3 saturated carbocycles. The maximum Gasteiger partial charge on any atom is 0.268 e. The summed E-state index contributed by atoms with van der Waals surface area (Å²) in [6.45, 7) is 7.20. The second-order valence-electron chi connectivity index (χ2n) is 11.0. The lowest BCUT2D eigenvalue weighted by Crippen LogP contribution is -2.54. The molecule has 2 N–H and O–H groups in total. The van der Waals surface area contributed by atoms with E-state index in [1.54, 1.807) is 0 Å². The Hall–Kier alpha value is -2.41. The van der Waals surface area contributed by atoms with Crippen LogP contribution in [0.15, 0.2) is 24.4 Å². The number of hydrogen-bond donors (Lipinski definition) is 2. The summed E-state index contributed by atoms with van der Waals surface area (Å²) >= 11 is 0. The molecule has 4 bridgehead atoms. The van der Waals surface area contributed by atoms with E-state index in [0.29, 0.717) is 34.8 Å². The topological polar surface area (TPSA) is 78.7 Å². The first-order chi connectivity index (χ1) is 15.4. The van der Waals surface area contributed by atoms with Gasteiger partial charge in [0.05, 0.1) is 12.1 Å². The van der Waals surface area contributed by atoms with Crippen LogP contribution in [-0.4, -0.2) is 57.8 Å². The van der Waals surface area contributed by atoms with Gasteiger partial charge in [0, 0.05) is 37.9 Å². The molecule has 5 fully saturated rings. The van der Waals surface area contributed by atoms with Crippen molar-refractivity contribution in [3.8, 4) is 0 Å². The number of pyridine rings is 1. The van der Waals surface area contributed by atoms with Crippen molar-refractivity contribution in [2.24, 2.45) is 23.2 Å². The second kappa shape index (κ2) is 7.30. The van der Waals surface area contributed by atoms with Gasteiger partial charge in [-0.05, 0) is 61.0 Å². The van der Waals surface area contributed by atoms with Crippen LogP contribution in [0.5, 0.6) is 0 Å². The summed E-state index contributed by atoms with van der Waals surface area (Å²) in [5.74, 6) is 2.23. The number of carbonyl (C=O) groups is 2. The molecule has 5 atom stereocenters. The summed E-state index contributed by atoms with van der Waals surface area (Å²) in [5, 5.41) is 6.63. The minimum Gasteiger partial charge on any atom is -0.350 e. The number of fused-ring (bicyclic) bond motifs is 5. The number of rotatable bonds is 5. The van der Waals surface area contributed by atoms with Crippen LogP contribution in [0.2, 0.25) is 0 Å². The molecule has 2 aliphatic heterocycles. The molecule has 0 aromatic carbocycles. The van der Waals surface area contributed by atoms with Gasteiger partial charge in [-0.3, -0.25) is 14.0 Å². The zero-order valence-corrected chi connectivity index (χ0v) is 19.0. The van der Waals surface area contributed by atoms with E-state index in [-0.39, 0.29) is 18.2 Å². The van der Waals surface area contributed by atoms with E-state index in [1.165, 1.54) is 19.3 Å². The number of amides is 2. The van der Waals surface area contributed by atoms with E-state index in [9.17, 15) is 9.59 Å². The minimum absolute atomic E-state index is 0.0620. The van der Waals surface area contributed by atoms with Crippen LogP contribution >= 0.6 is 0 Å². The smallest absolute Gasteiger partial charge is 0.268 e. The Morgan fingerprint density at radius 1 is 1.25 bits per heavy atom. The predicted molar refractivity (Wildman–Crippen MR) is 121 cm³/mol. The molecule has 2 aromatic heterocycles. The molecular weight excluding hydrogens is 402 g/mol. The molecule has 4 heterocycles. The highest BCUT2D eigenvalue weighted by Crippen LogP contribution is 2.61. The third-order valence-electron chi connectivity index (χ3n) is 9.01. The standard InChI is InChI=1S/C25H33N5O2/c1-25(2)16-7-6-15(20(25)8-16)11-27-24(32)21-4-3-5-22-28-18(14-30(21)22)10-23(31)29-13-17-9-19(29)12-26-17/h3-5,14-17,19-20,26H,6-13H2,1-2H3,(H,27,32)/t15-,16+,17+,19-,20+/m0/s1. The Morgan fingerprint density at radius 3 is 2.84 bits per heavy atom. The highest BCUT2D eigenvalue weighted by molar-refractivity contribution is 5.93. The molecule has 2 aromatic rings. The van der Waals surface area contributed by atoms with Crippen molar-refractivity contribution in [1.29, 1.82) is 0 Å². The maximum atomic E-state index is 13.1. The summed E-state index contributed by atoms with van der Waals surface area (Å²) in [5.41, 5.74) is 2.44. The summed E-state index contributed by atoms with van der Waals surface area (Å²) < 4.78 is 1.83. The van der Waals surface area contributed by atoms with Gasteiger partial charge in [0.2, 0.25) is 5.91 Å². The average molecular weight is 436 g/mol. The van der Waals surface area contributed by atoms with Crippen LogP contribution in [0.1, 0.15) is 55.7 Å². The van der Waals surface area contributed by atoms with Crippen molar-refractivity contribution >= 4 is 17.5 Å². The van der Waals surface area contributed by atoms with Gasteiger partial charge in [-0.25, -0.2) is 4.98 Å². The van der Waals surface area contributed by atoms with Gasteiger partial charge < -0.3 is 15.5 Å². The van der Waals surface area contributed by atoms with Crippen LogP contribution in [0.25, 0.3) is 5.65 Å². The molecule has 0 spiro atoms. The van der Waals surface area contributed by atoms with Crippen LogP contribution in [0, 0.1) is 23.2 Å². The number of carbonyl (C=O) groups excluding carboxylic acids is 2. The van der Waals surface area contributed by atoms with Gasteiger partial charge in [0.15, 0.2) is 0 Å². The normalized spacial score (nSPS) is 32.2. The van der Waals surface area contributed by atoms with E-state index in [4.69, 9.17) is 0 Å². The van der Waals surface area contributed by atoms with Crippen molar-refractivity contribution < 1.29 is 9.59 Å². The van der Waals surface area contributed by atoms with Crippen LogP contribution in [0.4, 0.5) is 0 Å². The number of hydrogen-bond acceptors (Lipinski definition) is 4. The number of likely N-dealkylation sites (tertiary alicyclic amines) is 1. The fourth-order valence-electron chi connectivity index (χ4n) is 6.98. The predicted octanol–water partition coefficient (Wildman–Crippen LogP) is 2.25. The molecule has 2 saturated heterocycles. The summed E-state index contributed by atoms with van der Waals surface area (Å²) in [6, 6.07) is 6.37. The molecule has 7 rings (SSSR count). The molecule has 3 aliphatic carbocycles. The number of aromatic nitrogens is 2. The Labute approximate surface area is 188 Å². The number of piperazine rings is 1. The van der Waals surface area contributed by atoms with Crippen molar-refractivity contribution in [2.45, 2.75) is 58.0 Å². The van der Waals surface area contributed by atoms with Crippen molar-refractivity contribution in [3.05, 3.63) is 35.8 Å². The Bertz CT molecular complexity index is 1070. The van der Waals surface area contributed by atoms with Gasteiger partial charge in [-0.2, -0.15) is 0 Å². The molecule has 0 radical (unpaired) electrons. The van der Waals surface area contributed by atoms with E-state index in [2.05, 4.69) is 29.5 Å². The first-order valence-electron chi connectivity index (χ1n) is 12.2. The fraction of sp³-hybridized carbons (Fsp3) is 0.640.